The van der Waals surface area contributed by atoms with Crippen molar-refractivity contribution in [1.29, 1.82) is 0 Å². The lowest BCUT2D eigenvalue weighted by molar-refractivity contribution is -0.136. The standard InChI is InChI=1S/C15H18FNO2/c1-2-12-10-17(7-6-14(12)18)15(19)9-11-4-3-5-13(16)8-11/h3-5,8,12H,2,6-7,9-10H2,1H3. The van der Waals surface area contributed by atoms with Gasteiger partial charge in [-0.25, -0.2) is 4.39 Å². The van der Waals surface area contributed by atoms with Gasteiger partial charge in [0, 0.05) is 25.4 Å². The van der Waals surface area contributed by atoms with Crippen molar-refractivity contribution in [3.8, 4) is 0 Å². The first-order valence-electron chi connectivity index (χ1n) is 6.65. The second kappa shape index (κ2) is 5.95. The lowest BCUT2D eigenvalue weighted by Crippen LogP contribution is -2.44. The number of piperidine rings is 1. The highest BCUT2D eigenvalue weighted by Gasteiger charge is 2.28. The average molecular weight is 263 g/mol. The van der Waals surface area contributed by atoms with Crippen LogP contribution in [0.3, 0.4) is 0 Å². The number of amides is 1. The summed E-state index contributed by atoms with van der Waals surface area (Å²) in [5, 5.41) is 0. The van der Waals surface area contributed by atoms with Crippen LogP contribution < -0.4 is 0 Å². The van der Waals surface area contributed by atoms with Crippen molar-refractivity contribution in [2.75, 3.05) is 13.1 Å². The Bertz CT molecular complexity index is 487. The minimum absolute atomic E-state index is 0.0310. The van der Waals surface area contributed by atoms with Gasteiger partial charge in [0.15, 0.2) is 0 Å². The van der Waals surface area contributed by atoms with Gasteiger partial charge in [0.1, 0.15) is 11.6 Å². The summed E-state index contributed by atoms with van der Waals surface area (Å²) in [4.78, 5) is 25.5. The summed E-state index contributed by atoms with van der Waals surface area (Å²) in [6.07, 6.45) is 1.40. The number of benzene rings is 1. The molecule has 0 saturated carbocycles. The lowest BCUT2D eigenvalue weighted by atomic mass is 9.94. The monoisotopic (exact) mass is 263 g/mol. The van der Waals surface area contributed by atoms with E-state index in [1.807, 2.05) is 6.92 Å². The van der Waals surface area contributed by atoms with E-state index in [1.54, 1.807) is 17.0 Å². The zero-order chi connectivity index (χ0) is 13.8. The topological polar surface area (TPSA) is 37.4 Å². The third-order valence-corrected chi connectivity index (χ3v) is 3.61. The fraction of sp³-hybridized carbons (Fsp3) is 0.467. The van der Waals surface area contributed by atoms with E-state index in [9.17, 15) is 14.0 Å². The van der Waals surface area contributed by atoms with E-state index in [2.05, 4.69) is 0 Å². The molecular formula is C15H18FNO2. The minimum atomic E-state index is -0.328. The largest absolute Gasteiger partial charge is 0.341 e. The summed E-state index contributed by atoms with van der Waals surface area (Å²) in [6.45, 7) is 2.95. The molecule has 1 aliphatic heterocycles. The van der Waals surface area contributed by atoms with E-state index < -0.39 is 0 Å². The molecule has 0 radical (unpaired) electrons. The molecule has 0 aromatic heterocycles. The van der Waals surface area contributed by atoms with Crippen LogP contribution in [0, 0.1) is 11.7 Å². The van der Waals surface area contributed by atoms with E-state index in [1.165, 1.54) is 12.1 Å². The molecule has 3 nitrogen and oxygen atoms in total. The van der Waals surface area contributed by atoms with Gasteiger partial charge in [-0.3, -0.25) is 9.59 Å². The predicted molar refractivity (Wildman–Crippen MR) is 70.1 cm³/mol. The molecule has 4 heteroatoms. The Labute approximate surface area is 112 Å². The van der Waals surface area contributed by atoms with E-state index in [-0.39, 0.29) is 29.8 Å². The van der Waals surface area contributed by atoms with Crippen molar-refractivity contribution < 1.29 is 14.0 Å². The van der Waals surface area contributed by atoms with Crippen LogP contribution in [-0.4, -0.2) is 29.7 Å². The van der Waals surface area contributed by atoms with E-state index in [0.29, 0.717) is 25.1 Å². The van der Waals surface area contributed by atoms with Crippen LogP contribution in [-0.2, 0) is 16.0 Å². The van der Waals surface area contributed by atoms with Gasteiger partial charge in [0.2, 0.25) is 5.91 Å². The van der Waals surface area contributed by atoms with Crippen LogP contribution in [0.5, 0.6) is 0 Å². The van der Waals surface area contributed by atoms with Gasteiger partial charge in [-0.15, -0.1) is 0 Å². The van der Waals surface area contributed by atoms with Crippen LogP contribution in [0.25, 0.3) is 0 Å². The normalized spacial score (nSPS) is 19.6. The number of likely N-dealkylation sites (tertiary alicyclic amines) is 1. The maximum atomic E-state index is 13.1. The molecule has 1 fully saturated rings. The summed E-state index contributed by atoms with van der Waals surface area (Å²) in [5.74, 6) is -0.148. The van der Waals surface area contributed by atoms with Gasteiger partial charge < -0.3 is 4.90 Å². The van der Waals surface area contributed by atoms with Gasteiger partial charge in [0.25, 0.3) is 0 Å². The molecule has 1 unspecified atom stereocenters. The number of carbonyl (C=O) groups is 2. The van der Waals surface area contributed by atoms with Gasteiger partial charge in [0.05, 0.1) is 6.42 Å². The molecule has 102 valence electrons. The van der Waals surface area contributed by atoms with Gasteiger partial charge >= 0.3 is 0 Å². The number of carbonyl (C=O) groups excluding carboxylic acids is 2. The molecule has 1 aromatic rings. The second-order valence-corrected chi connectivity index (χ2v) is 4.97. The third-order valence-electron chi connectivity index (χ3n) is 3.61. The van der Waals surface area contributed by atoms with E-state index in [0.717, 1.165) is 6.42 Å². The summed E-state index contributed by atoms with van der Waals surface area (Å²) >= 11 is 0. The van der Waals surface area contributed by atoms with Crippen LogP contribution in [0.1, 0.15) is 25.3 Å². The quantitative estimate of drug-likeness (QED) is 0.838. The van der Waals surface area contributed by atoms with E-state index in [4.69, 9.17) is 0 Å². The average Bonchev–Trinajstić information content (AvgIpc) is 2.39. The fourth-order valence-electron chi connectivity index (χ4n) is 2.43. The predicted octanol–water partition coefficient (Wildman–Crippen LogP) is 2.20. The molecule has 1 atom stereocenters. The van der Waals surface area contributed by atoms with Crippen LogP contribution in [0.15, 0.2) is 24.3 Å². The van der Waals surface area contributed by atoms with Crippen molar-refractivity contribution in [2.24, 2.45) is 5.92 Å². The Morgan fingerprint density at radius 3 is 2.95 bits per heavy atom. The van der Waals surface area contributed by atoms with Gasteiger partial charge in [-0.05, 0) is 24.1 Å². The molecule has 0 N–H and O–H groups in total. The molecular weight excluding hydrogens is 245 g/mol. The van der Waals surface area contributed by atoms with Crippen molar-refractivity contribution in [1.82, 2.24) is 4.90 Å². The molecule has 1 amide bonds. The Morgan fingerprint density at radius 1 is 1.47 bits per heavy atom. The molecule has 1 aliphatic rings. The molecule has 0 spiro atoms. The first-order valence-corrected chi connectivity index (χ1v) is 6.65. The van der Waals surface area contributed by atoms with Crippen molar-refractivity contribution in [3.05, 3.63) is 35.6 Å². The molecule has 1 aromatic carbocycles. The SMILES string of the molecule is CCC1CN(C(=O)Cc2cccc(F)c2)CCC1=O. The van der Waals surface area contributed by atoms with Crippen LogP contribution >= 0.6 is 0 Å². The molecule has 19 heavy (non-hydrogen) atoms. The zero-order valence-corrected chi connectivity index (χ0v) is 11.1. The smallest absolute Gasteiger partial charge is 0.227 e. The zero-order valence-electron chi connectivity index (χ0n) is 11.1. The number of hydrogen-bond acceptors (Lipinski definition) is 2. The first kappa shape index (κ1) is 13.7. The molecule has 2 rings (SSSR count). The maximum absolute atomic E-state index is 13.1. The summed E-state index contributed by atoms with van der Waals surface area (Å²) in [6, 6.07) is 6.09. The molecule has 0 aliphatic carbocycles. The number of hydrogen-bond donors (Lipinski definition) is 0. The Morgan fingerprint density at radius 2 is 2.26 bits per heavy atom. The highest BCUT2D eigenvalue weighted by atomic mass is 19.1. The molecule has 0 bridgehead atoms. The number of halogens is 1. The van der Waals surface area contributed by atoms with Crippen LogP contribution in [0.2, 0.25) is 0 Å². The Balaban J connectivity index is 1.98. The summed E-state index contributed by atoms with van der Waals surface area (Å²) < 4.78 is 13.1. The summed E-state index contributed by atoms with van der Waals surface area (Å²) in [5.41, 5.74) is 0.676. The molecule has 1 saturated heterocycles. The number of rotatable bonds is 3. The Kier molecular flexibility index (Phi) is 4.30. The van der Waals surface area contributed by atoms with Crippen molar-refractivity contribution in [3.63, 3.8) is 0 Å². The fourth-order valence-corrected chi connectivity index (χ4v) is 2.43. The lowest BCUT2D eigenvalue weighted by Gasteiger charge is -2.31. The molecule has 1 heterocycles. The third kappa shape index (κ3) is 3.40. The van der Waals surface area contributed by atoms with E-state index >= 15 is 0 Å². The van der Waals surface area contributed by atoms with Gasteiger partial charge in [-0.2, -0.15) is 0 Å². The number of nitrogens with zero attached hydrogens (tertiary/aromatic N) is 1. The minimum Gasteiger partial charge on any atom is -0.341 e. The first-order chi connectivity index (χ1) is 9.10. The van der Waals surface area contributed by atoms with Crippen molar-refractivity contribution >= 4 is 11.7 Å². The highest BCUT2D eigenvalue weighted by molar-refractivity contribution is 5.86. The second-order valence-electron chi connectivity index (χ2n) is 4.97. The highest BCUT2D eigenvalue weighted by Crippen LogP contribution is 2.17. The number of ketones is 1. The Hall–Kier alpha value is -1.71. The summed E-state index contributed by atoms with van der Waals surface area (Å²) in [7, 11) is 0. The maximum Gasteiger partial charge on any atom is 0.227 e. The number of Topliss-reactive ketones (excluding diaryl/α,β-unsaturated/α-hetero) is 1. The van der Waals surface area contributed by atoms with Crippen molar-refractivity contribution in [2.45, 2.75) is 26.2 Å². The van der Waals surface area contributed by atoms with Crippen LogP contribution in [0.4, 0.5) is 4.39 Å². The van der Waals surface area contributed by atoms with Gasteiger partial charge in [-0.1, -0.05) is 19.1 Å².